The average molecular weight is 334 g/mol. The molecule has 0 unspecified atom stereocenters. The lowest BCUT2D eigenvalue weighted by atomic mass is 9.95. The predicted molar refractivity (Wildman–Crippen MR) is 99.2 cm³/mol. The Morgan fingerprint density at radius 2 is 1.78 bits per heavy atom. The number of para-hydroxylation sites is 1. The van der Waals surface area contributed by atoms with Crippen LogP contribution in [0.1, 0.15) is 34.6 Å². The predicted octanol–water partition coefficient (Wildman–Crippen LogP) is 4.02. The van der Waals surface area contributed by atoms with Crippen LogP contribution < -0.4 is 4.90 Å². The van der Waals surface area contributed by atoms with Gasteiger partial charge in [-0.15, -0.1) is 0 Å². The van der Waals surface area contributed by atoms with Crippen LogP contribution in [0.2, 0.25) is 0 Å². The molecule has 0 saturated carbocycles. The number of thiazole rings is 1. The van der Waals surface area contributed by atoms with E-state index in [1.54, 1.807) is 11.3 Å². The molecular weight excluding hydrogens is 306 g/mol. The van der Waals surface area contributed by atoms with Gasteiger partial charge in [0.25, 0.3) is 0 Å². The van der Waals surface area contributed by atoms with Gasteiger partial charge in [0, 0.05) is 18.5 Å². The summed E-state index contributed by atoms with van der Waals surface area (Å²) in [5.41, 5.74) is 0.545. The first-order valence-electron chi connectivity index (χ1n) is 8.26. The first kappa shape index (κ1) is 17.9. The third kappa shape index (κ3) is 4.30. The highest BCUT2D eigenvalue weighted by Crippen LogP contribution is 2.31. The third-order valence-corrected chi connectivity index (χ3v) is 4.99. The molecule has 0 aliphatic carbocycles. The molecule has 0 fully saturated rings. The molecule has 2 aromatic rings. The molecule has 4 nitrogen and oxygen atoms in total. The van der Waals surface area contributed by atoms with Crippen molar-refractivity contribution in [1.29, 1.82) is 0 Å². The Bertz CT molecular complexity index is 623. The molecule has 0 spiro atoms. The average Bonchev–Trinajstić information content (AvgIpc) is 2.94. The maximum atomic E-state index is 12.9. The quantitative estimate of drug-likeness (QED) is 0.801. The number of rotatable bonds is 6. The number of carbonyl (C=O) groups is 1. The van der Waals surface area contributed by atoms with E-state index >= 15 is 0 Å². The van der Waals surface area contributed by atoms with Gasteiger partial charge in [-0.1, -0.05) is 58.1 Å². The van der Waals surface area contributed by atoms with E-state index in [2.05, 4.69) is 29.8 Å². The fourth-order valence-corrected chi connectivity index (χ4v) is 3.44. The zero-order valence-electron chi connectivity index (χ0n) is 14.8. The van der Waals surface area contributed by atoms with Crippen LogP contribution in [0.3, 0.4) is 0 Å². The number of likely N-dealkylation sites (N-methyl/N-ethyl adjacent to an activating group) is 1. The van der Waals surface area contributed by atoms with E-state index in [1.807, 2.05) is 43.9 Å². The van der Waals surface area contributed by atoms with Gasteiger partial charge in [-0.05, 0) is 25.2 Å². The summed E-state index contributed by atoms with van der Waals surface area (Å²) in [4.78, 5) is 21.8. The van der Waals surface area contributed by atoms with Crippen LogP contribution in [0.25, 0.3) is 10.2 Å². The van der Waals surface area contributed by atoms with E-state index in [9.17, 15) is 4.79 Å². The lowest BCUT2D eigenvalue weighted by Gasteiger charge is -2.29. The number of benzene rings is 1. The molecule has 0 N–H and O–H groups in total. The fraction of sp³-hybridized carbons (Fsp3) is 0.556. The molecule has 0 radical (unpaired) electrons. The van der Waals surface area contributed by atoms with Gasteiger partial charge in [-0.3, -0.25) is 9.69 Å². The van der Waals surface area contributed by atoms with Crippen LogP contribution in [0.5, 0.6) is 0 Å². The van der Waals surface area contributed by atoms with Crippen LogP contribution in [0.15, 0.2) is 24.3 Å². The van der Waals surface area contributed by atoms with Crippen molar-refractivity contribution in [2.24, 2.45) is 5.41 Å². The van der Waals surface area contributed by atoms with Crippen LogP contribution in [-0.2, 0) is 4.79 Å². The van der Waals surface area contributed by atoms with Crippen molar-refractivity contribution in [3.05, 3.63) is 24.3 Å². The van der Waals surface area contributed by atoms with Crippen LogP contribution in [-0.4, -0.2) is 42.0 Å². The second-order valence-electron chi connectivity index (χ2n) is 6.70. The Morgan fingerprint density at radius 3 is 2.35 bits per heavy atom. The third-order valence-electron chi connectivity index (χ3n) is 3.93. The lowest BCUT2D eigenvalue weighted by molar-refractivity contribution is -0.125. The maximum absolute atomic E-state index is 12.9. The van der Waals surface area contributed by atoms with E-state index < -0.39 is 5.41 Å². The summed E-state index contributed by atoms with van der Waals surface area (Å²) in [7, 11) is 0. The summed E-state index contributed by atoms with van der Waals surface area (Å²) in [5.74, 6) is 0.128. The van der Waals surface area contributed by atoms with Crippen LogP contribution in [0, 0.1) is 5.41 Å². The van der Waals surface area contributed by atoms with Gasteiger partial charge in [-0.2, -0.15) is 0 Å². The molecule has 23 heavy (non-hydrogen) atoms. The summed E-state index contributed by atoms with van der Waals surface area (Å²) < 4.78 is 1.12. The largest absolute Gasteiger partial charge is 0.302 e. The summed E-state index contributed by atoms with van der Waals surface area (Å²) in [5, 5.41) is 0.804. The second-order valence-corrected chi connectivity index (χ2v) is 7.71. The Kier molecular flexibility index (Phi) is 5.76. The molecule has 1 heterocycles. The molecule has 2 rings (SSSR count). The van der Waals surface area contributed by atoms with Gasteiger partial charge >= 0.3 is 0 Å². The molecule has 0 bridgehead atoms. The second kappa shape index (κ2) is 7.41. The van der Waals surface area contributed by atoms with E-state index in [0.717, 1.165) is 35.0 Å². The summed E-state index contributed by atoms with van der Waals surface area (Å²) in [6.07, 6.45) is 0. The standard InChI is InChI=1S/C18H27N3OS/c1-6-20(7-2)12-13-21(16(22)18(3,4)5)17-19-14-10-8-9-11-15(14)23-17/h8-11H,6-7,12-13H2,1-5H3. The van der Waals surface area contributed by atoms with Crippen LogP contribution >= 0.6 is 11.3 Å². The number of hydrogen-bond donors (Lipinski definition) is 0. The first-order chi connectivity index (χ1) is 10.9. The highest BCUT2D eigenvalue weighted by Gasteiger charge is 2.30. The zero-order valence-corrected chi connectivity index (χ0v) is 15.6. The van der Waals surface area contributed by atoms with Crippen molar-refractivity contribution in [3.63, 3.8) is 0 Å². The minimum Gasteiger partial charge on any atom is -0.302 e. The number of nitrogens with zero attached hydrogens (tertiary/aromatic N) is 3. The number of fused-ring (bicyclic) bond motifs is 1. The van der Waals surface area contributed by atoms with Gasteiger partial charge in [0.05, 0.1) is 10.2 Å². The Balaban J connectivity index is 2.30. The molecule has 5 heteroatoms. The molecule has 0 atom stereocenters. The SMILES string of the molecule is CCN(CC)CCN(C(=O)C(C)(C)C)c1nc2ccccc2s1. The minimum atomic E-state index is -0.416. The molecule has 126 valence electrons. The Labute approximate surface area is 143 Å². The summed E-state index contributed by atoms with van der Waals surface area (Å²) in [6.45, 7) is 13.7. The van der Waals surface area contributed by atoms with Gasteiger partial charge in [0.1, 0.15) is 0 Å². The lowest BCUT2D eigenvalue weighted by Crippen LogP contribution is -2.44. The minimum absolute atomic E-state index is 0.128. The molecule has 0 aliphatic heterocycles. The molecule has 0 saturated heterocycles. The fourth-order valence-electron chi connectivity index (χ4n) is 2.45. The molecule has 1 aromatic carbocycles. The van der Waals surface area contributed by atoms with Gasteiger partial charge in [0.15, 0.2) is 5.13 Å². The first-order valence-corrected chi connectivity index (χ1v) is 9.08. The monoisotopic (exact) mass is 333 g/mol. The molecule has 0 aliphatic rings. The van der Waals surface area contributed by atoms with Crippen molar-refractivity contribution in [2.45, 2.75) is 34.6 Å². The van der Waals surface area contributed by atoms with Crippen LogP contribution in [0.4, 0.5) is 5.13 Å². The van der Waals surface area contributed by atoms with Gasteiger partial charge < -0.3 is 4.90 Å². The smallest absolute Gasteiger partial charge is 0.234 e. The van der Waals surface area contributed by atoms with Gasteiger partial charge in [-0.25, -0.2) is 4.98 Å². The van der Waals surface area contributed by atoms with Crippen molar-refractivity contribution < 1.29 is 4.79 Å². The normalized spacial score (nSPS) is 12.1. The highest BCUT2D eigenvalue weighted by molar-refractivity contribution is 7.22. The number of hydrogen-bond acceptors (Lipinski definition) is 4. The van der Waals surface area contributed by atoms with E-state index in [1.165, 1.54) is 0 Å². The van der Waals surface area contributed by atoms with Crippen molar-refractivity contribution >= 4 is 32.6 Å². The van der Waals surface area contributed by atoms with E-state index in [0.29, 0.717) is 6.54 Å². The topological polar surface area (TPSA) is 36.4 Å². The number of amides is 1. The summed E-state index contributed by atoms with van der Waals surface area (Å²) >= 11 is 1.59. The molecule has 1 amide bonds. The van der Waals surface area contributed by atoms with E-state index in [4.69, 9.17) is 0 Å². The van der Waals surface area contributed by atoms with Crippen molar-refractivity contribution in [3.8, 4) is 0 Å². The highest BCUT2D eigenvalue weighted by atomic mass is 32.1. The number of anilines is 1. The molecule has 1 aromatic heterocycles. The Morgan fingerprint density at radius 1 is 1.13 bits per heavy atom. The molecular formula is C18H27N3OS. The Hall–Kier alpha value is -1.46. The number of carbonyl (C=O) groups excluding carboxylic acids is 1. The van der Waals surface area contributed by atoms with Crippen molar-refractivity contribution in [1.82, 2.24) is 9.88 Å². The summed E-state index contributed by atoms with van der Waals surface area (Å²) in [6, 6.07) is 8.05. The van der Waals surface area contributed by atoms with Gasteiger partial charge in [0.2, 0.25) is 5.91 Å². The van der Waals surface area contributed by atoms with E-state index in [-0.39, 0.29) is 5.91 Å². The zero-order chi connectivity index (χ0) is 17.0. The van der Waals surface area contributed by atoms with Crippen molar-refractivity contribution in [2.75, 3.05) is 31.1 Å². The number of aromatic nitrogens is 1. The maximum Gasteiger partial charge on any atom is 0.234 e.